The maximum atomic E-state index is 4.68. The van der Waals surface area contributed by atoms with E-state index < -0.39 is 0 Å². The van der Waals surface area contributed by atoms with Crippen LogP contribution < -0.4 is 5.32 Å². The SMILES string of the molecule is Cc1cc(C)n(-c2ccc(CNC3CC3)c(C)n2)n1. The van der Waals surface area contributed by atoms with E-state index in [0.717, 1.165) is 35.5 Å². The summed E-state index contributed by atoms with van der Waals surface area (Å²) in [5, 5.41) is 8.00. The van der Waals surface area contributed by atoms with Gasteiger partial charge in [-0.1, -0.05) is 6.07 Å². The predicted octanol–water partition coefficient (Wildman–Crippen LogP) is 2.44. The van der Waals surface area contributed by atoms with Crippen LogP contribution in [0, 0.1) is 20.8 Å². The lowest BCUT2D eigenvalue weighted by Crippen LogP contribution is -2.16. The van der Waals surface area contributed by atoms with Crippen molar-refractivity contribution >= 4 is 0 Å². The zero-order chi connectivity index (χ0) is 13.4. The van der Waals surface area contributed by atoms with E-state index in [1.165, 1.54) is 18.4 Å². The van der Waals surface area contributed by atoms with Gasteiger partial charge in [0.2, 0.25) is 0 Å². The molecule has 0 unspecified atom stereocenters. The fourth-order valence-corrected chi connectivity index (χ4v) is 2.28. The number of hydrogen-bond acceptors (Lipinski definition) is 3. The highest BCUT2D eigenvalue weighted by molar-refractivity contribution is 5.31. The lowest BCUT2D eigenvalue weighted by atomic mass is 10.2. The number of hydrogen-bond donors (Lipinski definition) is 1. The monoisotopic (exact) mass is 256 g/mol. The van der Waals surface area contributed by atoms with Crippen LogP contribution in [0.25, 0.3) is 5.82 Å². The molecule has 0 saturated heterocycles. The molecule has 1 N–H and O–H groups in total. The van der Waals surface area contributed by atoms with Gasteiger partial charge >= 0.3 is 0 Å². The van der Waals surface area contributed by atoms with Crippen molar-refractivity contribution < 1.29 is 0 Å². The number of rotatable bonds is 4. The summed E-state index contributed by atoms with van der Waals surface area (Å²) in [6.45, 7) is 7.05. The summed E-state index contributed by atoms with van der Waals surface area (Å²) in [5.41, 5.74) is 4.50. The third-order valence-electron chi connectivity index (χ3n) is 3.57. The Morgan fingerprint density at radius 2 is 2.05 bits per heavy atom. The van der Waals surface area contributed by atoms with Crippen LogP contribution >= 0.6 is 0 Å². The first-order valence-corrected chi connectivity index (χ1v) is 6.87. The quantitative estimate of drug-likeness (QED) is 0.913. The van der Waals surface area contributed by atoms with Crippen LogP contribution in [0.15, 0.2) is 18.2 Å². The van der Waals surface area contributed by atoms with Gasteiger partial charge in [-0.3, -0.25) is 0 Å². The first-order valence-electron chi connectivity index (χ1n) is 6.87. The van der Waals surface area contributed by atoms with Crippen molar-refractivity contribution in [3.8, 4) is 5.82 Å². The van der Waals surface area contributed by atoms with Crippen LogP contribution in [0.3, 0.4) is 0 Å². The molecule has 0 atom stereocenters. The molecule has 0 bridgehead atoms. The molecule has 0 aliphatic heterocycles. The van der Waals surface area contributed by atoms with Gasteiger partial charge in [-0.25, -0.2) is 9.67 Å². The fraction of sp³-hybridized carbons (Fsp3) is 0.467. The molecule has 2 aromatic heterocycles. The van der Waals surface area contributed by atoms with Gasteiger partial charge in [0.15, 0.2) is 5.82 Å². The Kier molecular flexibility index (Phi) is 3.11. The Morgan fingerprint density at radius 1 is 1.26 bits per heavy atom. The molecule has 2 aromatic rings. The van der Waals surface area contributed by atoms with Crippen LogP contribution in [-0.4, -0.2) is 20.8 Å². The number of nitrogens with zero attached hydrogens (tertiary/aromatic N) is 3. The van der Waals surface area contributed by atoms with Gasteiger partial charge in [-0.2, -0.15) is 5.10 Å². The van der Waals surface area contributed by atoms with Crippen molar-refractivity contribution in [1.82, 2.24) is 20.1 Å². The minimum absolute atomic E-state index is 0.732. The lowest BCUT2D eigenvalue weighted by Gasteiger charge is -2.09. The van der Waals surface area contributed by atoms with Crippen LogP contribution in [0.1, 0.15) is 35.5 Å². The summed E-state index contributed by atoms with van der Waals surface area (Å²) in [5.74, 6) is 0.901. The summed E-state index contributed by atoms with van der Waals surface area (Å²) >= 11 is 0. The van der Waals surface area contributed by atoms with Crippen molar-refractivity contribution in [3.63, 3.8) is 0 Å². The van der Waals surface area contributed by atoms with Crippen LogP contribution in [-0.2, 0) is 6.54 Å². The molecule has 1 aliphatic rings. The molecule has 2 heterocycles. The highest BCUT2D eigenvalue weighted by Gasteiger charge is 2.20. The van der Waals surface area contributed by atoms with Crippen molar-refractivity contribution in [2.24, 2.45) is 0 Å². The molecular formula is C15H20N4. The average molecular weight is 256 g/mol. The van der Waals surface area contributed by atoms with E-state index in [1.807, 2.05) is 11.6 Å². The Hall–Kier alpha value is -1.68. The van der Waals surface area contributed by atoms with Gasteiger partial charge in [0, 0.05) is 24.0 Å². The van der Waals surface area contributed by atoms with E-state index in [2.05, 4.69) is 47.4 Å². The van der Waals surface area contributed by atoms with Gasteiger partial charge in [-0.05, 0) is 51.3 Å². The Bertz CT molecular complexity index is 596. The molecular weight excluding hydrogens is 236 g/mol. The van der Waals surface area contributed by atoms with E-state index >= 15 is 0 Å². The Morgan fingerprint density at radius 3 is 2.63 bits per heavy atom. The maximum Gasteiger partial charge on any atom is 0.153 e. The zero-order valence-corrected chi connectivity index (χ0v) is 11.8. The summed E-state index contributed by atoms with van der Waals surface area (Å²) in [6, 6.07) is 7.01. The summed E-state index contributed by atoms with van der Waals surface area (Å²) in [7, 11) is 0. The molecule has 1 fully saturated rings. The van der Waals surface area contributed by atoms with Gasteiger partial charge < -0.3 is 5.32 Å². The number of nitrogens with one attached hydrogen (secondary N) is 1. The van der Waals surface area contributed by atoms with E-state index in [9.17, 15) is 0 Å². The van der Waals surface area contributed by atoms with Gasteiger partial charge in [0.25, 0.3) is 0 Å². The van der Waals surface area contributed by atoms with E-state index in [-0.39, 0.29) is 0 Å². The summed E-state index contributed by atoms with van der Waals surface area (Å²) < 4.78 is 1.90. The molecule has 0 radical (unpaired) electrons. The Labute approximate surface area is 113 Å². The molecule has 19 heavy (non-hydrogen) atoms. The van der Waals surface area contributed by atoms with Crippen molar-refractivity contribution in [1.29, 1.82) is 0 Å². The minimum atomic E-state index is 0.732. The van der Waals surface area contributed by atoms with E-state index in [1.54, 1.807) is 0 Å². The second kappa shape index (κ2) is 4.78. The number of aryl methyl sites for hydroxylation is 3. The van der Waals surface area contributed by atoms with Gasteiger partial charge in [-0.15, -0.1) is 0 Å². The van der Waals surface area contributed by atoms with Gasteiger partial charge in [0.1, 0.15) is 0 Å². The smallest absolute Gasteiger partial charge is 0.153 e. The van der Waals surface area contributed by atoms with Crippen molar-refractivity contribution in [3.05, 3.63) is 40.8 Å². The first kappa shape index (κ1) is 12.4. The van der Waals surface area contributed by atoms with Crippen molar-refractivity contribution in [2.45, 2.75) is 46.2 Å². The predicted molar refractivity (Wildman–Crippen MR) is 75.4 cm³/mol. The number of aromatic nitrogens is 3. The molecule has 0 spiro atoms. The second-order valence-corrected chi connectivity index (χ2v) is 5.41. The molecule has 1 aliphatic carbocycles. The van der Waals surface area contributed by atoms with E-state index in [4.69, 9.17) is 0 Å². The second-order valence-electron chi connectivity index (χ2n) is 5.41. The first-order chi connectivity index (χ1) is 9.13. The third-order valence-corrected chi connectivity index (χ3v) is 3.57. The van der Waals surface area contributed by atoms with Crippen molar-refractivity contribution in [2.75, 3.05) is 0 Å². The molecule has 1 saturated carbocycles. The third kappa shape index (κ3) is 2.68. The Balaban J connectivity index is 1.83. The highest BCUT2D eigenvalue weighted by Crippen LogP contribution is 2.20. The topological polar surface area (TPSA) is 42.7 Å². The standard InChI is InChI=1S/C15H20N4/c1-10-8-11(2)19(18-10)15-7-4-13(12(3)17-15)9-16-14-5-6-14/h4,7-8,14,16H,5-6,9H2,1-3H3. The van der Waals surface area contributed by atoms with Crippen LogP contribution in [0.2, 0.25) is 0 Å². The molecule has 0 amide bonds. The number of pyridine rings is 1. The average Bonchev–Trinajstić information content (AvgIpc) is 3.12. The molecule has 100 valence electrons. The zero-order valence-electron chi connectivity index (χ0n) is 11.8. The van der Waals surface area contributed by atoms with E-state index in [0.29, 0.717) is 0 Å². The summed E-state index contributed by atoms with van der Waals surface area (Å²) in [4.78, 5) is 4.68. The van der Waals surface area contributed by atoms with Crippen LogP contribution in [0.5, 0.6) is 0 Å². The van der Waals surface area contributed by atoms with Crippen LogP contribution in [0.4, 0.5) is 0 Å². The van der Waals surface area contributed by atoms with Gasteiger partial charge in [0.05, 0.1) is 5.69 Å². The molecule has 4 heteroatoms. The maximum absolute atomic E-state index is 4.68. The largest absolute Gasteiger partial charge is 0.310 e. The molecule has 4 nitrogen and oxygen atoms in total. The molecule has 3 rings (SSSR count). The fourth-order valence-electron chi connectivity index (χ4n) is 2.28. The summed E-state index contributed by atoms with van der Waals surface area (Å²) in [6.07, 6.45) is 2.63. The normalized spacial score (nSPS) is 14.9. The lowest BCUT2D eigenvalue weighted by molar-refractivity contribution is 0.680. The molecule has 0 aromatic carbocycles. The highest BCUT2D eigenvalue weighted by atomic mass is 15.3. The minimum Gasteiger partial charge on any atom is -0.310 e.